The number of hydrogen-bond acceptors (Lipinski definition) is 6. The van der Waals surface area contributed by atoms with Crippen LogP contribution in [0.15, 0.2) is 12.1 Å². The highest BCUT2D eigenvalue weighted by Crippen LogP contribution is 2.32. The number of esters is 1. The highest BCUT2D eigenvalue weighted by Gasteiger charge is 2.42. The molecule has 0 spiro atoms. The molecule has 0 aliphatic carbocycles. The van der Waals surface area contributed by atoms with E-state index in [-0.39, 0.29) is 24.1 Å². The molecule has 1 fully saturated rings. The van der Waals surface area contributed by atoms with Gasteiger partial charge in [0.05, 0.1) is 18.1 Å². The Morgan fingerprint density at radius 2 is 1.92 bits per heavy atom. The predicted octanol–water partition coefficient (Wildman–Crippen LogP) is 1.60. The van der Waals surface area contributed by atoms with E-state index in [4.69, 9.17) is 4.74 Å². The molecule has 0 bridgehead atoms. The molecule has 0 radical (unpaired) electrons. The highest BCUT2D eigenvalue weighted by molar-refractivity contribution is 7.91. The third-order valence-electron chi connectivity index (χ3n) is 4.76. The topological polar surface area (TPSA) is 83.9 Å². The molecule has 1 saturated heterocycles. The fraction of sp³-hybridized carbons (Fsp3) is 0.611. The number of benzene rings is 1. The average molecular weight is 369 g/mol. The fourth-order valence-corrected chi connectivity index (χ4v) is 5.73. The number of carbonyl (C=O) groups excluding carboxylic acids is 1. The van der Waals surface area contributed by atoms with Crippen LogP contribution in [-0.4, -0.2) is 54.6 Å². The number of rotatable bonds is 6. The first kappa shape index (κ1) is 19.9. The van der Waals surface area contributed by atoms with Gasteiger partial charge in [-0.15, -0.1) is 0 Å². The zero-order chi connectivity index (χ0) is 18.8. The third-order valence-corrected chi connectivity index (χ3v) is 6.64. The Kier molecular flexibility index (Phi) is 5.91. The van der Waals surface area contributed by atoms with E-state index < -0.39 is 15.4 Å². The number of aryl methyl sites for hydroxylation is 2. The summed E-state index contributed by atoms with van der Waals surface area (Å²) in [6.07, 6.45) is 0.568. The van der Waals surface area contributed by atoms with Gasteiger partial charge in [-0.05, 0) is 43.9 Å². The first-order chi connectivity index (χ1) is 11.6. The molecule has 2 rings (SSSR count). The molecule has 6 nitrogen and oxygen atoms in total. The minimum absolute atomic E-state index is 0.0286. The summed E-state index contributed by atoms with van der Waals surface area (Å²) in [6.45, 7) is 8.00. The summed E-state index contributed by atoms with van der Waals surface area (Å²) < 4.78 is 29.1. The second kappa shape index (κ2) is 7.43. The van der Waals surface area contributed by atoms with Gasteiger partial charge in [0, 0.05) is 25.6 Å². The van der Waals surface area contributed by atoms with E-state index in [1.807, 2.05) is 37.8 Å². The van der Waals surface area contributed by atoms with Gasteiger partial charge < -0.3 is 9.84 Å². The van der Waals surface area contributed by atoms with Crippen molar-refractivity contribution in [2.45, 2.75) is 46.2 Å². The lowest BCUT2D eigenvalue weighted by atomic mass is 9.97. The lowest BCUT2D eigenvalue weighted by Crippen LogP contribution is -2.48. The van der Waals surface area contributed by atoms with Crippen LogP contribution in [-0.2, 0) is 21.2 Å². The predicted molar refractivity (Wildman–Crippen MR) is 96.4 cm³/mol. The quantitative estimate of drug-likeness (QED) is 0.606. The number of sulfone groups is 1. The first-order valence-electron chi connectivity index (χ1n) is 8.41. The van der Waals surface area contributed by atoms with E-state index in [9.17, 15) is 18.3 Å². The lowest BCUT2D eigenvalue weighted by Gasteiger charge is -2.37. The molecule has 1 aliphatic heterocycles. The van der Waals surface area contributed by atoms with Crippen molar-refractivity contribution < 1.29 is 23.1 Å². The van der Waals surface area contributed by atoms with E-state index in [1.165, 1.54) is 6.92 Å². The molecule has 1 unspecified atom stereocenters. The molecule has 140 valence electrons. The van der Waals surface area contributed by atoms with Gasteiger partial charge in [0.1, 0.15) is 5.75 Å². The van der Waals surface area contributed by atoms with Crippen molar-refractivity contribution in [2.24, 2.45) is 0 Å². The summed E-state index contributed by atoms with van der Waals surface area (Å²) in [5, 5.41) is 9.42. The van der Waals surface area contributed by atoms with Gasteiger partial charge in [0.15, 0.2) is 9.84 Å². The molecule has 1 heterocycles. The Morgan fingerprint density at radius 1 is 1.32 bits per heavy atom. The van der Waals surface area contributed by atoms with Crippen molar-refractivity contribution in [3.63, 3.8) is 0 Å². The van der Waals surface area contributed by atoms with Crippen LogP contribution in [0, 0.1) is 13.8 Å². The van der Waals surface area contributed by atoms with E-state index in [0.717, 1.165) is 16.7 Å². The van der Waals surface area contributed by atoms with Crippen molar-refractivity contribution >= 4 is 15.8 Å². The van der Waals surface area contributed by atoms with Gasteiger partial charge in [0.2, 0.25) is 0 Å². The maximum Gasteiger partial charge on any atom is 0.308 e. The molecule has 1 aromatic carbocycles. The van der Waals surface area contributed by atoms with Crippen LogP contribution in [0.25, 0.3) is 0 Å². The van der Waals surface area contributed by atoms with Gasteiger partial charge in [-0.1, -0.05) is 12.1 Å². The molecule has 0 saturated carbocycles. The zero-order valence-electron chi connectivity index (χ0n) is 15.3. The summed E-state index contributed by atoms with van der Waals surface area (Å²) >= 11 is 0. The Bertz CT molecular complexity index is 736. The van der Waals surface area contributed by atoms with E-state index in [2.05, 4.69) is 0 Å². The van der Waals surface area contributed by atoms with Crippen molar-refractivity contribution in [3.05, 3.63) is 28.8 Å². The molecular weight excluding hydrogens is 342 g/mol. The van der Waals surface area contributed by atoms with Crippen LogP contribution in [0.1, 0.15) is 37.0 Å². The number of aliphatic hydroxyl groups excluding tert-OH is 1. The maximum absolute atomic E-state index is 11.9. The van der Waals surface area contributed by atoms with Crippen LogP contribution >= 0.6 is 0 Å². The molecule has 0 aromatic heterocycles. The summed E-state index contributed by atoms with van der Waals surface area (Å²) in [7, 11) is -3.03. The minimum Gasteiger partial charge on any atom is -0.426 e. The van der Waals surface area contributed by atoms with Gasteiger partial charge in [-0.25, -0.2) is 8.42 Å². The summed E-state index contributed by atoms with van der Waals surface area (Å²) in [4.78, 5) is 13.3. The number of aliphatic hydroxyl groups is 1. The largest absolute Gasteiger partial charge is 0.426 e. The van der Waals surface area contributed by atoms with Crippen molar-refractivity contribution in [3.8, 4) is 5.75 Å². The second-order valence-electron chi connectivity index (χ2n) is 7.14. The summed E-state index contributed by atoms with van der Waals surface area (Å²) in [5.74, 6) is 0.516. The molecule has 1 aromatic rings. The molecule has 0 amide bonds. The van der Waals surface area contributed by atoms with Gasteiger partial charge >= 0.3 is 5.97 Å². The van der Waals surface area contributed by atoms with Crippen molar-refractivity contribution in [1.82, 2.24) is 4.90 Å². The number of hydrogen-bond donors (Lipinski definition) is 1. The Labute approximate surface area is 149 Å². The van der Waals surface area contributed by atoms with E-state index in [1.54, 1.807) is 0 Å². The van der Waals surface area contributed by atoms with Crippen LogP contribution in [0.5, 0.6) is 5.75 Å². The monoisotopic (exact) mass is 369 g/mol. The minimum atomic E-state index is -3.03. The van der Waals surface area contributed by atoms with Crippen LogP contribution in [0.2, 0.25) is 0 Å². The molecule has 1 N–H and O–H groups in total. The van der Waals surface area contributed by atoms with Crippen LogP contribution in [0.4, 0.5) is 0 Å². The lowest BCUT2D eigenvalue weighted by molar-refractivity contribution is -0.131. The Morgan fingerprint density at radius 3 is 2.36 bits per heavy atom. The molecule has 1 aliphatic rings. The third kappa shape index (κ3) is 4.80. The number of nitrogens with zero attached hydrogens (tertiary/aromatic N) is 1. The van der Waals surface area contributed by atoms with E-state index >= 15 is 0 Å². The maximum atomic E-state index is 11.9. The van der Waals surface area contributed by atoms with Gasteiger partial charge in [0.25, 0.3) is 0 Å². The van der Waals surface area contributed by atoms with E-state index in [0.29, 0.717) is 25.3 Å². The molecule has 7 heteroatoms. The van der Waals surface area contributed by atoms with Gasteiger partial charge in [-0.3, -0.25) is 9.69 Å². The fourth-order valence-electron chi connectivity index (χ4n) is 3.56. The first-order valence-corrected chi connectivity index (χ1v) is 10.2. The molecular formula is C18H27NO5S. The number of β-amino-alcohol motifs (C(OH)–C–C–N with tert-alkyl or cyclic N) is 1. The smallest absolute Gasteiger partial charge is 0.308 e. The standard InChI is InChI=1S/C18H27NO5S/c1-13-9-16(10-14(2)17(13)24-15(3)21)11-19(6-7-20)18(4)5-8-25(22,23)12-18/h9-10,20H,5-8,11-12H2,1-4H3. The molecule has 25 heavy (non-hydrogen) atoms. The van der Waals surface area contributed by atoms with Crippen molar-refractivity contribution in [1.29, 1.82) is 0 Å². The Balaban J connectivity index is 2.27. The molecule has 1 atom stereocenters. The average Bonchev–Trinajstić information content (AvgIpc) is 2.77. The summed E-state index contributed by atoms with van der Waals surface area (Å²) in [6, 6.07) is 3.89. The van der Waals surface area contributed by atoms with Crippen LogP contribution in [0.3, 0.4) is 0 Å². The SMILES string of the molecule is CC(=O)Oc1c(C)cc(CN(CCO)C2(C)CCS(=O)(=O)C2)cc1C. The second-order valence-corrected chi connectivity index (χ2v) is 9.32. The summed E-state index contributed by atoms with van der Waals surface area (Å²) in [5.41, 5.74) is 2.25. The number of ether oxygens (including phenoxy) is 1. The normalized spacial score (nSPS) is 22.3. The van der Waals surface area contributed by atoms with Crippen LogP contribution < -0.4 is 4.74 Å². The highest BCUT2D eigenvalue weighted by atomic mass is 32.2. The Hall–Kier alpha value is -1.44. The number of carbonyl (C=O) groups is 1. The van der Waals surface area contributed by atoms with Gasteiger partial charge in [-0.2, -0.15) is 0 Å². The van der Waals surface area contributed by atoms with Crippen molar-refractivity contribution in [2.75, 3.05) is 24.7 Å². The zero-order valence-corrected chi connectivity index (χ0v) is 16.1.